The van der Waals surface area contributed by atoms with Gasteiger partial charge < -0.3 is 19.8 Å². The smallest absolute Gasteiger partial charge is 0.247 e. The maximum Gasteiger partial charge on any atom is 0.247 e. The van der Waals surface area contributed by atoms with Crippen molar-refractivity contribution in [3.8, 4) is 0 Å². The second-order valence-electron chi connectivity index (χ2n) is 14.7. The molecule has 3 unspecified atom stereocenters. The van der Waals surface area contributed by atoms with Gasteiger partial charge in [-0.15, -0.1) is 24.9 Å². The fraction of sp³-hybridized carbons (Fsp3) is 0.639. The fourth-order valence-corrected chi connectivity index (χ4v) is 11.8. The van der Waals surface area contributed by atoms with Gasteiger partial charge >= 0.3 is 0 Å². The first-order chi connectivity index (χ1) is 21.2. The first kappa shape index (κ1) is 35.7. The van der Waals surface area contributed by atoms with Crippen molar-refractivity contribution in [3.63, 3.8) is 0 Å². The van der Waals surface area contributed by atoms with Crippen LogP contribution >= 0.6 is 27.7 Å². The Morgan fingerprint density at radius 3 is 2.29 bits per heavy atom. The van der Waals surface area contributed by atoms with Crippen molar-refractivity contribution >= 4 is 51.1 Å². The summed E-state index contributed by atoms with van der Waals surface area (Å²) in [7, 11) is 0. The molecular formula is C36H52BrN3O4S. The molecule has 4 rings (SSSR count). The van der Waals surface area contributed by atoms with Gasteiger partial charge in [0.25, 0.3) is 0 Å². The molecule has 3 amide bonds. The Kier molecular flexibility index (Phi) is 11.4. The summed E-state index contributed by atoms with van der Waals surface area (Å²) in [5.74, 6) is -1.38. The summed E-state index contributed by atoms with van der Waals surface area (Å²) in [6, 6.07) is 8.88. The molecule has 3 aliphatic heterocycles. The maximum absolute atomic E-state index is 15.0. The fourth-order valence-electron chi connectivity index (χ4n) is 8.22. The minimum absolute atomic E-state index is 0.00269. The molecule has 3 saturated heterocycles. The molecule has 2 bridgehead atoms. The van der Waals surface area contributed by atoms with Crippen molar-refractivity contribution in [2.75, 3.05) is 31.1 Å². The summed E-state index contributed by atoms with van der Waals surface area (Å²) in [5, 5.41) is 9.16. The number of benzene rings is 1. The van der Waals surface area contributed by atoms with Gasteiger partial charge in [0.05, 0.1) is 16.6 Å². The number of amides is 3. The van der Waals surface area contributed by atoms with Gasteiger partial charge in [0.1, 0.15) is 6.04 Å². The van der Waals surface area contributed by atoms with Crippen molar-refractivity contribution in [3.05, 3.63) is 55.6 Å². The molecule has 3 aliphatic rings. The van der Waals surface area contributed by atoms with E-state index in [2.05, 4.69) is 63.7 Å². The number of fused-ring (bicyclic) bond motifs is 1. The van der Waals surface area contributed by atoms with E-state index in [4.69, 9.17) is 0 Å². The van der Waals surface area contributed by atoms with Crippen LogP contribution in [0.4, 0.5) is 5.69 Å². The predicted octanol–water partition coefficient (Wildman–Crippen LogP) is 6.45. The van der Waals surface area contributed by atoms with Crippen LogP contribution in [-0.2, 0) is 14.4 Å². The number of aliphatic hydroxyl groups is 1. The second kappa shape index (κ2) is 14.3. The third-order valence-electron chi connectivity index (χ3n) is 9.53. The van der Waals surface area contributed by atoms with Gasteiger partial charge in [-0.2, -0.15) is 0 Å². The summed E-state index contributed by atoms with van der Waals surface area (Å²) in [6.07, 6.45) is 8.10. The van der Waals surface area contributed by atoms with Crippen LogP contribution in [0.2, 0.25) is 0 Å². The van der Waals surface area contributed by atoms with E-state index in [9.17, 15) is 14.7 Å². The van der Waals surface area contributed by atoms with E-state index in [1.807, 2.05) is 40.1 Å². The van der Waals surface area contributed by atoms with Crippen LogP contribution in [0, 0.1) is 17.3 Å². The van der Waals surface area contributed by atoms with Crippen molar-refractivity contribution in [2.45, 2.75) is 99.5 Å². The lowest BCUT2D eigenvalue weighted by atomic mass is 9.70. The van der Waals surface area contributed by atoms with E-state index in [-0.39, 0.29) is 39.8 Å². The van der Waals surface area contributed by atoms with Crippen molar-refractivity contribution in [1.82, 2.24) is 9.80 Å². The van der Waals surface area contributed by atoms with E-state index in [1.165, 1.54) is 0 Å². The van der Waals surface area contributed by atoms with Gasteiger partial charge in [-0.05, 0) is 57.1 Å². The van der Waals surface area contributed by atoms with Gasteiger partial charge in [-0.1, -0.05) is 79.9 Å². The third-order valence-corrected chi connectivity index (χ3v) is 12.8. The molecule has 9 heteroatoms. The van der Waals surface area contributed by atoms with Crippen LogP contribution in [0.3, 0.4) is 0 Å². The van der Waals surface area contributed by atoms with Crippen LogP contribution in [0.15, 0.2) is 55.6 Å². The van der Waals surface area contributed by atoms with Gasteiger partial charge in [0.15, 0.2) is 0 Å². The zero-order chi connectivity index (χ0) is 33.2. The zero-order valence-corrected chi connectivity index (χ0v) is 30.1. The Labute approximate surface area is 283 Å². The number of carbonyl (C=O) groups excluding carboxylic acids is 3. The normalized spacial score (nSPS) is 27.4. The predicted molar refractivity (Wildman–Crippen MR) is 189 cm³/mol. The largest absolute Gasteiger partial charge is 0.396 e. The molecule has 6 atom stereocenters. The average molecular weight is 703 g/mol. The van der Waals surface area contributed by atoms with Gasteiger partial charge in [0.2, 0.25) is 17.7 Å². The number of hydrogen-bond donors (Lipinski definition) is 1. The zero-order valence-electron chi connectivity index (χ0n) is 27.7. The van der Waals surface area contributed by atoms with E-state index >= 15 is 4.79 Å². The Morgan fingerprint density at radius 1 is 1.04 bits per heavy atom. The topological polar surface area (TPSA) is 81.2 Å². The quantitative estimate of drug-likeness (QED) is 0.129. The Hall–Kier alpha value is -2.10. The maximum atomic E-state index is 15.0. The number of anilines is 1. The number of unbranched alkanes of at least 4 members (excludes halogenated alkanes) is 3. The molecular weight excluding hydrogens is 650 g/mol. The molecule has 1 aromatic carbocycles. The lowest BCUT2D eigenvalue weighted by Gasteiger charge is -2.46. The second-order valence-corrected chi connectivity index (χ2v) is 17.4. The highest BCUT2D eigenvalue weighted by Gasteiger charge is 2.76. The molecule has 3 fully saturated rings. The molecule has 1 aromatic rings. The number of alkyl halides is 1. The molecule has 7 nitrogen and oxygen atoms in total. The highest BCUT2D eigenvalue weighted by atomic mass is 79.9. The number of para-hydroxylation sites is 1. The number of nitrogens with zero attached hydrogens (tertiary/aromatic N) is 3. The minimum atomic E-state index is -0.716. The minimum Gasteiger partial charge on any atom is -0.396 e. The van der Waals surface area contributed by atoms with Crippen LogP contribution < -0.4 is 4.90 Å². The number of carbonyl (C=O) groups is 3. The molecule has 0 saturated carbocycles. The summed E-state index contributed by atoms with van der Waals surface area (Å²) in [5.41, 5.74) is 0.273. The molecule has 1 spiro atoms. The summed E-state index contributed by atoms with van der Waals surface area (Å²) in [4.78, 5) is 49.8. The number of thioether (sulfide) groups is 1. The van der Waals surface area contributed by atoms with Gasteiger partial charge in [0, 0.05) is 47.5 Å². The van der Waals surface area contributed by atoms with Crippen molar-refractivity contribution < 1.29 is 19.5 Å². The molecule has 0 aliphatic carbocycles. The van der Waals surface area contributed by atoms with Crippen LogP contribution in [-0.4, -0.2) is 85.3 Å². The van der Waals surface area contributed by atoms with Gasteiger partial charge in [-0.3, -0.25) is 14.4 Å². The molecule has 1 N–H and O–H groups in total. The van der Waals surface area contributed by atoms with Crippen molar-refractivity contribution in [1.29, 1.82) is 0 Å². The summed E-state index contributed by atoms with van der Waals surface area (Å²) in [6.45, 7) is 20.0. The Morgan fingerprint density at radius 2 is 1.69 bits per heavy atom. The van der Waals surface area contributed by atoms with Gasteiger partial charge in [-0.25, -0.2) is 0 Å². The lowest BCUT2D eigenvalue weighted by Crippen LogP contribution is -2.60. The van der Waals surface area contributed by atoms with Crippen LogP contribution in [0.1, 0.15) is 73.1 Å². The lowest BCUT2D eigenvalue weighted by molar-refractivity contribution is -0.146. The highest BCUT2D eigenvalue weighted by Crippen LogP contribution is 2.68. The van der Waals surface area contributed by atoms with E-state index < -0.39 is 28.2 Å². The number of aliphatic hydroxyl groups excluding tert-OH is 1. The summed E-state index contributed by atoms with van der Waals surface area (Å²) < 4.78 is -0.716. The molecule has 45 heavy (non-hydrogen) atoms. The number of likely N-dealkylation sites (tertiary alicyclic amines) is 1. The van der Waals surface area contributed by atoms with E-state index in [0.717, 1.165) is 37.8 Å². The average Bonchev–Trinajstić information content (AvgIpc) is 3.56. The molecule has 248 valence electrons. The Bertz CT molecular complexity index is 1250. The van der Waals surface area contributed by atoms with Crippen molar-refractivity contribution in [2.24, 2.45) is 17.3 Å². The van der Waals surface area contributed by atoms with Crippen LogP contribution in [0.5, 0.6) is 0 Å². The number of halogens is 1. The first-order valence-electron chi connectivity index (χ1n) is 16.4. The molecule has 0 radical (unpaired) electrons. The highest BCUT2D eigenvalue weighted by molar-refractivity contribution is 9.09. The van der Waals surface area contributed by atoms with Crippen LogP contribution in [0.25, 0.3) is 0 Å². The molecule has 3 heterocycles. The monoisotopic (exact) mass is 701 g/mol. The third kappa shape index (κ3) is 7.10. The standard InChI is InChI=1S/C36H52BrN3O4S/c1-8-19-38(25-17-13-12-14-18-25)31(42)27-28-32(43)39(21-15-10-11-16-22-41)30(36(28)23-26(37)29(27)45-36)33(44)40(20-9-2)35(6,7)24-34(3,4)5/h8-9,12-14,17-18,26-30,41H,1-2,10-11,15-16,19-24H2,3-7H3/t26?,27-,28-,29-,30?,36?/m0/s1. The first-order valence-corrected chi connectivity index (χ1v) is 18.2. The van der Waals surface area contributed by atoms with E-state index in [0.29, 0.717) is 26.1 Å². The molecule has 0 aromatic heterocycles. The summed E-state index contributed by atoms with van der Waals surface area (Å²) >= 11 is 5.60. The SMILES string of the molecule is C=CCN(C(=O)[C@H]1[C@H]2C(=O)N(CCCCCCO)C(C(=O)N(CC=C)C(C)(C)CC(C)(C)C)C23CC(Br)[C@@H]1S3)c1ccccc1. The van der Waals surface area contributed by atoms with E-state index in [1.54, 1.807) is 28.8 Å². The number of rotatable bonds is 15. The Balaban J connectivity index is 1.77. The number of hydrogen-bond acceptors (Lipinski definition) is 5.